The molecule has 2 aromatic rings. The van der Waals surface area contributed by atoms with E-state index < -0.39 is 12.2 Å². The van der Waals surface area contributed by atoms with Gasteiger partial charge in [0, 0.05) is 45.1 Å². The van der Waals surface area contributed by atoms with E-state index >= 15 is 0 Å². The average molecular weight is 408 g/mol. The highest BCUT2D eigenvalue weighted by Crippen LogP contribution is 2.25. The summed E-state index contributed by atoms with van der Waals surface area (Å²) in [6, 6.07) is 8.44. The molecule has 1 fully saturated rings. The summed E-state index contributed by atoms with van der Waals surface area (Å²) >= 11 is 0. The van der Waals surface area contributed by atoms with Crippen molar-refractivity contribution in [3.63, 3.8) is 0 Å². The van der Waals surface area contributed by atoms with E-state index in [2.05, 4.69) is 15.4 Å². The van der Waals surface area contributed by atoms with E-state index in [4.69, 9.17) is 0 Å². The maximum Gasteiger partial charge on any atom is 0.403 e. The Morgan fingerprint density at radius 2 is 1.86 bits per heavy atom. The first kappa shape index (κ1) is 21.2. The minimum Gasteiger partial charge on any atom is -0.357 e. The molecule has 29 heavy (non-hydrogen) atoms. The van der Waals surface area contributed by atoms with Gasteiger partial charge in [-0.2, -0.15) is 18.3 Å². The molecule has 1 unspecified atom stereocenters. The first-order chi connectivity index (χ1) is 13.9. The van der Waals surface area contributed by atoms with Gasteiger partial charge in [-0.3, -0.25) is 4.90 Å². The van der Waals surface area contributed by atoms with Crippen molar-refractivity contribution in [3.05, 3.63) is 48.3 Å². The zero-order valence-electron chi connectivity index (χ0n) is 16.7. The van der Waals surface area contributed by atoms with Crippen LogP contribution in [0.5, 0.6) is 0 Å². The molecule has 0 radical (unpaired) electrons. The largest absolute Gasteiger partial charge is 0.403 e. The molecule has 0 amide bonds. The summed E-state index contributed by atoms with van der Waals surface area (Å²) in [4.78, 5) is 8.20. The van der Waals surface area contributed by atoms with Gasteiger partial charge in [-0.1, -0.05) is 12.1 Å². The van der Waals surface area contributed by atoms with Gasteiger partial charge in [0.25, 0.3) is 0 Å². The van der Waals surface area contributed by atoms with Gasteiger partial charge in [-0.15, -0.1) is 0 Å². The number of piperazine rings is 1. The van der Waals surface area contributed by atoms with Crippen LogP contribution < -0.4 is 5.32 Å². The predicted molar refractivity (Wildman–Crippen MR) is 107 cm³/mol. The number of hydrogen-bond donors (Lipinski definition) is 1. The van der Waals surface area contributed by atoms with Gasteiger partial charge in [0.1, 0.15) is 6.04 Å². The zero-order valence-corrected chi connectivity index (χ0v) is 16.7. The molecule has 0 spiro atoms. The van der Waals surface area contributed by atoms with E-state index in [0.717, 1.165) is 17.2 Å². The first-order valence-corrected chi connectivity index (χ1v) is 9.81. The maximum atomic E-state index is 12.9. The van der Waals surface area contributed by atoms with Crippen LogP contribution in [0.15, 0.2) is 47.7 Å². The summed E-state index contributed by atoms with van der Waals surface area (Å²) in [5.74, 6) is 0.739. The smallest absolute Gasteiger partial charge is 0.357 e. The number of rotatable bonds is 5. The number of aliphatic imine (C=N–C) groups is 1. The van der Waals surface area contributed by atoms with Crippen LogP contribution >= 0.6 is 0 Å². The quantitative estimate of drug-likeness (QED) is 0.611. The SMILES string of the molecule is CCNC(=NCc1ccc(-n2cccn2)cc1)N1CCN(C(C)C(F)(F)F)CC1. The molecule has 1 atom stereocenters. The van der Waals surface area contributed by atoms with Gasteiger partial charge in [-0.25, -0.2) is 9.67 Å². The molecular formula is C20H27F3N6. The number of nitrogens with zero attached hydrogens (tertiary/aromatic N) is 5. The maximum absolute atomic E-state index is 12.9. The van der Waals surface area contributed by atoms with E-state index in [1.54, 1.807) is 10.9 Å². The van der Waals surface area contributed by atoms with Crippen LogP contribution in [-0.4, -0.2) is 70.5 Å². The van der Waals surface area contributed by atoms with Crippen molar-refractivity contribution in [2.24, 2.45) is 4.99 Å². The van der Waals surface area contributed by atoms with Crippen LogP contribution in [0, 0.1) is 0 Å². The van der Waals surface area contributed by atoms with Crippen LogP contribution in [0.1, 0.15) is 19.4 Å². The zero-order chi connectivity index (χ0) is 20.9. The minimum absolute atomic E-state index is 0.365. The molecule has 9 heteroatoms. The molecule has 2 heterocycles. The molecule has 6 nitrogen and oxygen atoms in total. The second-order valence-electron chi connectivity index (χ2n) is 7.03. The Labute approximate surface area is 169 Å². The van der Waals surface area contributed by atoms with Crippen molar-refractivity contribution < 1.29 is 13.2 Å². The Morgan fingerprint density at radius 3 is 2.41 bits per heavy atom. The summed E-state index contributed by atoms with van der Waals surface area (Å²) in [5, 5.41) is 7.46. The molecule has 1 N–H and O–H groups in total. The number of halogens is 3. The molecule has 1 saturated heterocycles. The fourth-order valence-corrected chi connectivity index (χ4v) is 3.30. The third kappa shape index (κ3) is 5.50. The Balaban J connectivity index is 1.60. The molecule has 0 bridgehead atoms. The van der Waals surface area contributed by atoms with Crippen molar-refractivity contribution in [2.45, 2.75) is 32.6 Å². The Hall–Kier alpha value is -2.55. The highest BCUT2D eigenvalue weighted by atomic mass is 19.4. The summed E-state index contributed by atoms with van der Waals surface area (Å²) < 4.78 is 40.6. The van der Waals surface area contributed by atoms with Crippen molar-refractivity contribution in [2.75, 3.05) is 32.7 Å². The Kier molecular flexibility index (Phi) is 6.79. The number of aromatic nitrogens is 2. The fourth-order valence-electron chi connectivity index (χ4n) is 3.30. The van der Waals surface area contributed by atoms with E-state index in [1.165, 1.54) is 11.8 Å². The number of nitrogens with one attached hydrogen (secondary N) is 1. The van der Waals surface area contributed by atoms with Gasteiger partial charge < -0.3 is 10.2 Å². The second-order valence-corrected chi connectivity index (χ2v) is 7.03. The monoisotopic (exact) mass is 408 g/mol. The van der Waals surface area contributed by atoms with Crippen LogP contribution in [0.25, 0.3) is 5.69 Å². The molecule has 1 aliphatic heterocycles. The lowest BCUT2D eigenvalue weighted by Crippen LogP contribution is -2.56. The molecule has 0 aliphatic carbocycles. The number of hydrogen-bond acceptors (Lipinski definition) is 3. The molecule has 1 aliphatic rings. The van der Waals surface area contributed by atoms with Crippen molar-refractivity contribution in [1.29, 1.82) is 0 Å². The molecule has 158 valence electrons. The van der Waals surface area contributed by atoms with E-state index in [-0.39, 0.29) is 0 Å². The first-order valence-electron chi connectivity index (χ1n) is 9.81. The van der Waals surface area contributed by atoms with Gasteiger partial charge in [0.05, 0.1) is 12.2 Å². The minimum atomic E-state index is -4.19. The Bertz CT molecular complexity index is 778. The average Bonchev–Trinajstić information content (AvgIpc) is 3.25. The predicted octanol–water partition coefficient (Wildman–Crippen LogP) is 2.91. The van der Waals surface area contributed by atoms with Crippen molar-refractivity contribution in [3.8, 4) is 5.69 Å². The molecule has 1 aromatic heterocycles. The van der Waals surface area contributed by atoms with E-state index in [1.807, 2.05) is 48.4 Å². The highest BCUT2D eigenvalue weighted by Gasteiger charge is 2.41. The normalized spacial score (nSPS) is 17.4. The molecular weight excluding hydrogens is 381 g/mol. The lowest BCUT2D eigenvalue weighted by Gasteiger charge is -2.39. The summed E-state index contributed by atoms with van der Waals surface area (Å²) in [5.41, 5.74) is 2.03. The van der Waals surface area contributed by atoms with Crippen LogP contribution in [0.4, 0.5) is 13.2 Å². The van der Waals surface area contributed by atoms with Crippen molar-refractivity contribution in [1.82, 2.24) is 24.9 Å². The van der Waals surface area contributed by atoms with E-state index in [0.29, 0.717) is 39.3 Å². The third-order valence-corrected chi connectivity index (χ3v) is 5.09. The lowest BCUT2D eigenvalue weighted by atomic mass is 10.2. The number of alkyl halides is 3. The third-order valence-electron chi connectivity index (χ3n) is 5.09. The standard InChI is InChI=1S/C20H27F3N6/c1-3-24-19(28-13-11-27(12-14-28)16(2)20(21,22)23)25-15-17-5-7-18(8-6-17)29-10-4-9-26-29/h4-10,16H,3,11-15H2,1-2H3,(H,24,25). The summed E-state index contributed by atoms with van der Waals surface area (Å²) in [6.07, 6.45) is -0.574. The van der Waals surface area contributed by atoms with Gasteiger partial charge >= 0.3 is 6.18 Å². The highest BCUT2D eigenvalue weighted by molar-refractivity contribution is 5.80. The van der Waals surface area contributed by atoms with Crippen LogP contribution in [-0.2, 0) is 6.54 Å². The Morgan fingerprint density at radius 1 is 1.17 bits per heavy atom. The van der Waals surface area contributed by atoms with Gasteiger partial charge in [0.15, 0.2) is 5.96 Å². The number of guanidine groups is 1. The lowest BCUT2D eigenvalue weighted by molar-refractivity contribution is -0.181. The van der Waals surface area contributed by atoms with Crippen molar-refractivity contribution >= 4 is 5.96 Å². The van der Waals surface area contributed by atoms with Gasteiger partial charge in [0.2, 0.25) is 0 Å². The fraction of sp³-hybridized carbons (Fsp3) is 0.500. The molecule has 3 rings (SSSR count). The van der Waals surface area contributed by atoms with Crippen LogP contribution in [0.3, 0.4) is 0 Å². The van der Waals surface area contributed by atoms with Gasteiger partial charge in [-0.05, 0) is 37.6 Å². The van der Waals surface area contributed by atoms with E-state index in [9.17, 15) is 13.2 Å². The topological polar surface area (TPSA) is 48.7 Å². The molecule has 1 aromatic carbocycles. The molecule has 0 saturated carbocycles. The summed E-state index contributed by atoms with van der Waals surface area (Å²) in [7, 11) is 0. The van der Waals surface area contributed by atoms with Crippen LogP contribution in [0.2, 0.25) is 0 Å². The summed E-state index contributed by atoms with van der Waals surface area (Å²) in [6.45, 7) is 6.18. The second kappa shape index (κ2) is 9.30. The number of benzene rings is 1.